The van der Waals surface area contributed by atoms with Crippen molar-refractivity contribution in [2.24, 2.45) is 0 Å². The van der Waals surface area contributed by atoms with Crippen molar-refractivity contribution in [3.05, 3.63) is 18.0 Å². The molecule has 18 heavy (non-hydrogen) atoms. The number of amides is 1. The molecule has 1 N–H and O–H groups in total. The Morgan fingerprint density at radius 1 is 1.61 bits per heavy atom. The summed E-state index contributed by atoms with van der Waals surface area (Å²) in [5.41, 5.74) is 0.398. The predicted octanol–water partition coefficient (Wildman–Crippen LogP) is 1.17. The second-order valence-electron chi connectivity index (χ2n) is 5.46. The van der Waals surface area contributed by atoms with Crippen LogP contribution in [0.25, 0.3) is 0 Å². The van der Waals surface area contributed by atoms with Crippen LogP contribution in [0.4, 0.5) is 4.79 Å². The number of nitrogens with zero attached hydrogens (tertiary/aromatic N) is 3. The third kappa shape index (κ3) is 2.64. The second-order valence-corrected chi connectivity index (χ2v) is 5.46. The van der Waals surface area contributed by atoms with E-state index in [1.54, 1.807) is 15.8 Å². The standard InChI is InChI=1S/C12H19N3O3/c1-12(2,3)18-11(17)14-6-9-4-5-13-15(9)10(7-14)8-16/h4-5,10,16H,6-8H2,1-3H3/t10-/m1/s1. The van der Waals surface area contributed by atoms with Crippen LogP contribution in [-0.2, 0) is 11.3 Å². The van der Waals surface area contributed by atoms with Gasteiger partial charge in [-0.25, -0.2) is 4.79 Å². The molecule has 2 rings (SSSR count). The van der Waals surface area contributed by atoms with E-state index in [2.05, 4.69) is 5.10 Å². The smallest absolute Gasteiger partial charge is 0.410 e. The first-order chi connectivity index (χ1) is 8.40. The quantitative estimate of drug-likeness (QED) is 0.815. The van der Waals surface area contributed by atoms with Crippen LogP contribution in [0.1, 0.15) is 32.5 Å². The van der Waals surface area contributed by atoms with Crippen molar-refractivity contribution in [1.29, 1.82) is 0 Å². The normalized spacial score (nSPS) is 19.6. The van der Waals surface area contributed by atoms with Gasteiger partial charge in [-0.2, -0.15) is 5.10 Å². The number of ether oxygens (including phenoxy) is 1. The lowest BCUT2D eigenvalue weighted by atomic mass is 10.2. The van der Waals surface area contributed by atoms with Crippen molar-refractivity contribution in [1.82, 2.24) is 14.7 Å². The van der Waals surface area contributed by atoms with Gasteiger partial charge >= 0.3 is 6.09 Å². The molecule has 1 aromatic heterocycles. The van der Waals surface area contributed by atoms with Crippen LogP contribution in [0.2, 0.25) is 0 Å². The number of rotatable bonds is 1. The number of carbonyl (C=O) groups is 1. The van der Waals surface area contributed by atoms with E-state index in [-0.39, 0.29) is 18.7 Å². The van der Waals surface area contributed by atoms with Gasteiger partial charge in [0.05, 0.1) is 24.9 Å². The van der Waals surface area contributed by atoms with Crippen molar-refractivity contribution >= 4 is 6.09 Å². The Balaban J connectivity index is 2.12. The minimum absolute atomic E-state index is 0.0476. The van der Waals surface area contributed by atoms with Gasteiger partial charge in [-0.3, -0.25) is 4.68 Å². The highest BCUT2D eigenvalue weighted by atomic mass is 16.6. The summed E-state index contributed by atoms with van der Waals surface area (Å²) in [5.74, 6) is 0. The highest BCUT2D eigenvalue weighted by molar-refractivity contribution is 5.68. The molecular weight excluding hydrogens is 234 g/mol. The Morgan fingerprint density at radius 2 is 2.33 bits per heavy atom. The van der Waals surface area contributed by atoms with E-state index in [0.29, 0.717) is 13.1 Å². The van der Waals surface area contributed by atoms with Crippen LogP contribution in [-0.4, -0.2) is 44.6 Å². The van der Waals surface area contributed by atoms with Gasteiger partial charge in [0.1, 0.15) is 5.60 Å². The first kappa shape index (κ1) is 12.9. The van der Waals surface area contributed by atoms with Crippen molar-refractivity contribution in [2.75, 3.05) is 13.2 Å². The van der Waals surface area contributed by atoms with Gasteiger partial charge in [0.2, 0.25) is 0 Å². The zero-order valence-corrected chi connectivity index (χ0v) is 11.0. The van der Waals surface area contributed by atoms with Crippen molar-refractivity contribution in [3.8, 4) is 0 Å². The molecule has 100 valence electrons. The van der Waals surface area contributed by atoms with Crippen LogP contribution in [0.3, 0.4) is 0 Å². The number of carbonyl (C=O) groups excluding carboxylic acids is 1. The molecule has 0 fully saturated rings. The molecule has 0 spiro atoms. The monoisotopic (exact) mass is 253 g/mol. The molecule has 1 atom stereocenters. The zero-order valence-electron chi connectivity index (χ0n) is 11.0. The summed E-state index contributed by atoms with van der Waals surface area (Å²) >= 11 is 0. The molecule has 6 nitrogen and oxygen atoms in total. The molecule has 0 unspecified atom stereocenters. The minimum atomic E-state index is -0.510. The Kier molecular flexibility index (Phi) is 3.30. The summed E-state index contributed by atoms with van der Waals surface area (Å²) in [6.45, 7) is 6.34. The molecule has 1 aliphatic heterocycles. The Hall–Kier alpha value is -1.56. The summed E-state index contributed by atoms with van der Waals surface area (Å²) in [4.78, 5) is 13.6. The Morgan fingerprint density at radius 3 is 2.94 bits per heavy atom. The molecule has 1 aliphatic rings. The van der Waals surface area contributed by atoms with Gasteiger partial charge in [0.25, 0.3) is 0 Å². The number of aliphatic hydroxyl groups excluding tert-OH is 1. The first-order valence-electron chi connectivity index (χ1n) is 6.02. The van der Waals surface area contributed by atoms with Crippen molar-refractivity contribution in [3.63, 3.8) is 0 Å². The zero-order chi connectivity index (χ0) is 13.3. The average Bonchev–Trinajstić information content (AvgIpc) is 2.73. The summed E-state index contributed by atoms with van der Waals surface area (Å²) in [6.07, 6.45) is 1.32. The lowest BCUT2D eigenvalue weighted by molar-refractivity contribution is 0.0129. The van der Waals surface area contributed by atoms with Crippen LogP contribution >= 0.6 is 0 Å². The number of aromatic nitrogens is 2. The van der Waals surface area contributed by atoms with Gasteiger partial charge in [0, 0.05) is 12.7 Å². The molecule has 0 radical (unpaired) electrons. The van der Waals surface area contributed by atoms with Gasteiger partial charge < -0.3 is 14.7 Å². The topological polar surface area (TPSA) is 67.6 Å². The molecule has 6 heteroatoms. The van der Waals surface area contributed by atoms with Gasteiger partial charge in [-0.05, 0) is 26.8 Å². The second kappa shape index (κ2) is 4.61. The molecule has 0 saturated carbocycles. The lowest BCUT2D eigenvalue weighted by Crippen LogP contribution is -2.44. The van der Waals surface area contributed by atoms with Gasteiger partial charge in [-0.15, -0.1) is 0 Å². The van der Waals surface area contributed by atoms with Crippen molar-refractivity contribution < 1.29 is 14.6 Å². The third-order valence-electron chi connectivity index (χ3n) is 2.74. The Labute approximate surface area is 106 Å². The molecule has 1 aromatic rings. The average molecular weight is 253 g/mol. The van der Waals surface area contributed by atoms with E-state index in [1.165, 1.54) is 0 Å². The first-order valence-corrected chi connectivity index (χ1v) is 6.02. The Bertz CT molecular complexity index is 436. The number of hydrogen-bond donors (Lipinski definition) is 1. The SMILES string of the molecule is CC(C)(C)OC(=O)N1Cc2ccnn2[C@@H](CO)C1. The van der Waals surface area contributed by atoms with Crippen LogP contribution in [0.5, 0.6) is 0 Å². The fourth-order valence-electron chi connectivity index (χ4n) is 1.99. The maximum Gasteiger partial charge on any atom is 0.410 e. The van der Waals surface area contributed by atoms with E-state index >= 15 is 0 Å². The third-order valence-corrected chi connectivity index (χ3v) is 2.74. The van der Waals surface area contributed by atoms with E-state index in [0.717, 1.165) is 5.69 Å². The van der Waals surface area contributed by atoms with Crippen LogP contribution in [0.15, 0.2) is 12.3 Å². The van der Waals surface area contributed by atoms with E-state index in [4.69, 9.17) is 4.74 Å². The van der Waals surface area contributed by atoms with E-state index in [9.17, 15) is 9.90 Å². The molecule has 0 aromatic carbocycles. The number of aliphatic hydroxyl groups is 1. The lowest BCUT2D eigenvalue weighted by Gasteiger charge is -2.34. The van der Waals surface area contributed by atoms with Crippen LogP contribution < -0.4 is 0 Å². The molecule has 0 bridgehead atoms. The highest BCUT2D eigenvalue weighted by Crippen LogP contribution is 2.21. The minimum Gasteiger partial charge on any atom is -0.444 e. The molecule has 1 amide bonds. The molecule has 0 aliphatic carbocycles. The highest BCUT2D eigenvalue weighted by Gasteiger charge is 2.30. The maximum absolute atomic E-state index is 12.0. The largest absolute Gasteiger partial charge is 0.444 e. The van der Waals surface area contributed by atoms with Crippen LogP contribution in [0, 0.1) is 0 Å². The summed E-state index contributed by atoms with van der Waals surface area (Å²) in [5, 5.41) is 13.5. The predicted molar refractivity (Wildman–Crippen MR) is 65.0 cm³/mol. The fourth-order valence-corrected chi connectivity index (χ4v) is 1.99. The molecule has 2 heterocycles. The summed E-state index contributed by atoms with van der Waals surface area (Å²) < 4.78 is 7.10. The summed E-state index contributed by atoms with van der Waals surface area (Å²) in [7, 11) is 0. The van der Waals surface area contributed by atoms with E-state index in [1.807, 2.05) is 26.8 Å². The van der Waals surface area contributed by atoms with E-state index < -0.39 is 5.60 Å². The van der Waals surface area contributed by atoms with Gasteiger partial charge in [-0.1, -0.05) is 0 Å². The van der Waals surface area contributed by atoms with Crippen molar-refractivity contribution in [2.45, 2.75) is 39.0 Å². The molecule has 0 saturated heterocycles. The number of hydrogen-bond acceptors (Lipinski definition) is 4. The fraction of sp³-hybridized carbons (Fsp3) is 0.667. The molecular formula is C12H19N3O3. The van der Waals surface area contributed by atoms with Gasteiger partial charge in [0.15, 0.2) is 0 Å². The number of fused-ring (bicyclic) bond motifs is 1. The summed E-state index contributed by atoms with van der Waals surface area (Å²) in [6, 6.07) is 1.65. The maximum atomic E-state index is 12.0.